The van der Waals surface area contributed by atoms with Gasteiger partial charge in [0.1, 0.15) is 0 Å². The van der Waals surface area contributed by atoms with Gasteiger partial charge in [0, 0.05) is 25.2 Å². The van der Waals surface area contributed by atoms with Gasteiger partial charge in [-0.3, -0.25) is 0 Å². The van der Waals surface area contributed by atoms with E-state index in [1.165, 1.54) is 0 Å². The zero-order valence-electron chi connectivity index (χ0n) is 16.1. The summed E-state index contributed by atoms with van der Waals surface area (Å²) in [4.78, 5) is 0.377. The Hall–Kier alpha value is -1.41. The molecule has 2 atom stereocenters. The highest BCUT2D eigenvalue weighted by molar-refractivity contribution is 7.89. The predicted molar refractivity (Wildman–Crippen MR) is 111 cm³/mol. The monoisotopic (exact) mass is 388 g/mol. The van der Waals surface area contributed by atoms with Crippen molar-refractivity contribution in [3.8, 4) is 0 Å². The summed E-state index contributed by atoms with van der Waals surface area (Å²) in [5.41, 5.74) is 2.14. The van der Waals surface area contributed by atoms with E-state index in [-0.39, 0.29) is 18.7 Å². The van der Waals surface area contributed by atoms with Gasteiger partial charge in [-0.2, -0.15) is 4.31 Å². The molecule has 1 aromatic carbocycles. The van der Waals surface area contributed by atoms with Crippen LogP contribution in [0.15, 0.2) is 53.0 Å². The molecule has 1 aliphatic carbocycles. The molecule has 0 spiro atoms. The molecule has 0 aromatic heterocycles. The van der Waals surface area contributed by atoms with E-state index in [1.807, 2.05) is 24.3 Å². The molecule has 0 amide bonds. The standard InChI is InChI=1S/C20H29BN2O3S/c1-15-4-3-5-16(14-24)20(15)22-18-10-12-23(13-11-18)27(25,26)19-8-6-17(21-2)7-9-19/h3-9,15,18,20-22,24H,10-14H2,1-2H3. The van der Waals surface area contributed by atoms with Crippen LogP contribution in [0.25, 0.3) is 0 Å². The topological polar surface area (TPSA) is 69.6 Å². The lowest BCUT2D eigenvalue weighted by atomic mass is 9.74. The number of piperidine rings is 1. The van der Waals surface area contributed by atoms with E-state index in [1.54, 1.807) is 16.4 Å². The van der Waals surface area contributed by atoms with Crippen LogP contribution >= 0.6 is 0 Å². The van der Waals surface area contributed by atoms with Crippen LogP contribution in [-0.2, 0) is 10.0 Å². The van der Waals surface area contributed by atoms with E-state index in [0.29, 0.717) is 23.9 Å². The Morgan fingerprint density at radius 2 is 1.89 bits per heavy atom. The fourth-order valence-electron chi connectivity index (χ4n) is 3.88. The number of aliphatic hydroxyl groups excluding tert-OH is 1. The highest BCUT2D eigenvalue weighted by atomic mass is 32.2. The van der Waals surface area contributed by atoms with Crippen molar-refractivity contribution in [1.82, 2.24) is 9.62 Å². The molecule has 0 saturated carbocycles. The average molecular weight is 388 g/mol. The van der Waals surface area contributed by atoms with E-state index >= 15 is 0 Å². The van der Waals surface area contributed by atoms with Crippen LogP contribution in [0.4, 0.5) is 0 Å². The third-order valence-electron chi connectivity index (χ3n) is 5.67. The number of aliphatic hydroxyl groups is 1. The number of sulfonamides is 1. The van der Waals surface area contributed by atoms with Gasteiger partial charge < -0.3 is 10.4 Å². The predicted octanol–water partition coefficient (Wildman–Crippen LogP) is 1.03. The molecule has 1 heterocycles. The second-order valence-corrected chi connectivity index (χ2v) is 9.40. The minimum absolute atomic E-state index is 0.0489. The molecular weight excluding hydrogens is 359 g/mol. The van der Waals surface area contributed by atoms with E-state index in [4.69, 9.17) is 0 Å². The van der Waals surface area contributed by atoms with Crippen LogP contribution in [0.2, 0.25) is 6.82 Å². The van der Waals surface area contributed by atoms with Crippen LogP contribution in [0.5, 0.6) is 0 Å². The second kappa shape index (κ2) is 8.73. The Kier molecular flexibility index (Phi) is 6.58. The zero-order valence-corrected chi connectivity index (χ0v) is 17.0. The summed E-state index contributed by atoms with van der Waals surface area (Å²) in [6.07, 6.45) is 7.65. The van der Waals surface area contributed by atoms with Crippen molar-refractivity contribution in [2.24, 2.45) is 5.92 Å². The Balaban J connectivity index is 1.61. The normalized spacial score (nSPS) is 24.6. The molecule has 3 rings (SSSR count). The molecule has 1 aromatic rings. The van der Waals surface area contributed by atoms with Gasteiger partial charge in [-0.1, -0.05) is 49.6 Å². The zero-order chi connectivity index (χ0) is 19.4. The van der Waals surface area contributed by atoms with Crippen LogP contribution in [0.1, 0.15) is 19.8 Å². The van der Waals surface area contributed by atoms with Crippen molar-refractivity contribution in [2.75, 3.05) is 19.7 Å². The van der Waals surface area contributed by atoms with Crippen LogP contribution < -0.4 is 10.8 Å². The van der Waals surface area contributed by atoms with Crippen molar-refractivity contribution in [2.45, 2.75) is 43.6 Å². The minimum Gasteiger partial charge on any atom is -0.392 e. The maximum absolute atomic E-state index is 12.9. The summed E-state index contributed by atoms with van der Waals surface area (Å²) in [5.74, 6) is 0.316. The molecule has 5 nitrogen and oxygen atoms in total. The van der Waals surface area contributed by atoms with Crippen molar-refractivity contribution in [3.63, 3.8) is 0 Å². The Morgan fingerprint density at radius 1 is 1.22 bits per heavy atom. The molecule has 0 radical (unpaired) electrons. The molecular formula is C20H29BN2O3S. The summed E-state index contributed by atoms with van der Waals surface area (Å²) in [6.45, 7) is 5.28. The summed E-state index contributed by atoms with van der Waals surface area (Å²) < 4.78 is 27.4. The van der Waals surface area contributed by atoms with Gasteiger partial charge in [0.2, 0.25) is 10.0 Å². The fraction of sp³-hybridized carbons (Fsp3) is 0.500. The first-order chi connectivity index (χ1) is 13.0. The van der Waals surface area contributed by atoms with Gasteiger partial charge in [-0.25, -0.2) is 8.42 Å². The molecule has 2 N–H and O–H groups in total. The van der Waals surface area contributed by atoms with Crippen LogP contribution in [-0.4, -0.2) is 56.9 Å². The quantitative estimate of drug-likeness (QED) is 0.715. The first kappa shape index (κ1) is 20.3. The first-order valence-electron chi connectivity index (χ1n) is 9.79. The SMILES string of the molecule is CBc1ccc(S(=O)(=O)N2CCC(NC3C(CO)=CC=CC3C)CC2)cc1. The number of allylic oxidation sites excluding steroid dienone is 2. The third-order valence-corrected chi connectivity index (χ3v) is 7.58. The number of benzene rings is 1. The van der Waals surface area contributed by atoms with Gasteiger partial charge in [0.15, 0.2) is 7.28 Å². The number of rotatable bonds is 6. The Labute approximate surface area is 163 Å². The number of nitrogens with one attached hydrogen (secondary N) is 1. The summed E-state index contributed by atoms with van der Waals surface area (Å²) >= 11 is 0. The van der Waals surface area contributed by atoms with E-state index in [9.17, 15) is 13.5 Å². The number of hydrogen-bond acceptors (Lipinski definition) is 4. The molecule has 2 unspecified atom stereocenters. The average Bonchev–Trinajstić information content (AvgIpc) is 2.70. The molecule has 0 bridgehead atoms. The number of nitrogens with zero attached hydrogens (tertiary/aromatic N) is 1. The molecule has 7 heteroatoms. The van der Waals surface area contributed by atoms with Crippen LogP contribution in [0, 0.1) is 5.92 Å². The lowest BCUT2D eigenvalue weighted by Crippen LogP contribution is -2.50. The highest BCUT2D eigenvalue weighted by Crippen LogP contribution is 2.24. The van der Waals surface area contributed by atoms with Crippen LogP contribution in [0.3, 0.4) is 0 Å². The van der Waals surface area contributed by atoms with Crippen molar-refractivity contribution in [1.29, 1.82) is 0 Å². The van der Waals surface area contributed by atoms with Crippen molar-refractivity contribution in [3.05, 3.63) is 48.1 Å². The van der Waals surface area contributed by atoms with Gasteiger partial charge in [0.25, 0.3) is 0 Å². The van der Waals surface area contributed by atoms with E-state index < -0.39 is 10.0 Å². The summed E-state index contributed by atoms with van der Waals surface area (Å²) in [6, 6.07) is 7.59. The molecule has 1 saturated heterocycles. The molecule has 2 aliphatic rings. The van der Waals surface area contributed by atoms with Crippen molar-refractivity contribution >= 4 is 22.8 Å². The van der Waals surface area contributed by atoms with E-state index in [0.717, 1.165) is 31.2 Å². The van der Waals surface area contributed by atoms with Gasteiger partial charge in [-0.15, -0.1) is 0 Å². The van der Waals surface area contributed by atoms with Crippen molar-refractivity contribution < 1.29 is 13.5 Å². The molecule has 1 aliphatic heterocycles. The summed E-state index contributed by atoms with van der Waals surface area (Å²) in [5, 5.41) is 13.2. The second-order valence-electron chi connectivity index (χ2n) is 7.46. The Morgan fingerprint density at radius 3 is 2.48 bits per heavy atom. The van der Waals surface area contributed by atoms with Gasteiger partial charge in [0.05, 0.1) is 11.5 Å². The minimum atomic E-state index is -3.43. The maximum Gasteiger partial charge on any atom is 0.243 e. The number of hydrogen-bond donors (Lipinski definition) is 2. The lowest BCUT2D eigenvalue weighted by Gasteiger charge is -2.36. The fourth-order valence-corrected chi connectivity index (χ4v) is 5.35. The summed E-state index contributed by atoms with van der Waals surface area (Å²) in [7, 11) is -2.53. The van der Waals surface area contributed by atoms with Gasteiger partial charge >= 0.3 is 0 Å². The first-order valence-corrected chi connectivity index (χ1v) is 11.2. The molecule has 27 heavy (non-hydrogen) atoms. The molecule has 146 valence electrons. The smallest absolute Gasteiger partial charge is 0.243 e. The van der Waals surface area contributed by atoms with Gasteiger partial charge in [-0.05, 0) is 36.5 Å². The highest BCUT2D eigenvalue weighted by Gasteiger charge is 2.31. The molecule has 1 fully saturated rings. The maximum atomic E-state index is 12.9. The van der Waals surface area contributed by atoms with E-state index in [2.05, 4.69) is 25.1 Å². The largest absolute Gasteiger partial charge is 0.392 e. The lowest BCUT2D eigenvalue weighted by molar-refractivity contribution is 0.254. The third kappa shape index (κ3) is 4.54. The Bertz CT molecular complexity index is 797.